The van der Waals surface area contributed by atoms with Crippen molar-refractivity contribution in [3.8, 4) is 0 Å². The molecule has 1 nitrogen and oxygen atoms in total. The Morgan fingerprint density at radius 3 is 2.14 bits per heavy atom. The van der Waals surface area contributed by atoms with Crippen molar-refractivity contribution in [3.63, 3.8) is 0 Å². The third-order valence-electron chi connectivity index (χ3n) is 4.31. The Hall–Kier alpha value is -0.0400. The zero-order valence-electron chi connectivity index (χ0n) is 10.2. The van der Waals surface area contributed by atoms with E-state index < -0.39 is 0 Å². The fourth-order valence-corrected chi connectivity index (χ4v) is 2.79. The van der Waals surface area contributed by atoms with Crippen LogP contribution in [0.3, 0.4) is 0 Å². The minimum atomic E-state index is -0.0874. The van der Waals surface area contributed by atoms with Gasteiger partial charge < -0.3 is 5.11 Å². The Morgan fingerprint density at radius 1 is 1.29 bits per heavy atom. The van der Waals surface area contributed by atoms with E-state index in [0.29, 0.717) is 0 Å². The molecule has 14 heavy (non-hydrogen) atoms. The first-order valence-electron chi connectivity index (χ1n) is 6.17. The van der Waals surface area contributed by atoms with Crippen molar-refractivity contribution in [1.29, 1.82) is 0 Å². The lowest BCUT2D eigenvalue weighted by molar-refractivity contribution is -0.00785. The molecule has 0 spiro atoms. The summed E-state index contributed by atoms with van der Waals surface area (Å²) in [5.41, 5.74) is 0.208. The maximum atomic E-state index is 9.97. The summed E-state index contributed by atoms with van der Waals surface area (Å²) < 4.78 is 0. The summed E-state index contributed by atoms with van der Waals surface area (Å²) in [6.45, 7) is 9.00. The lowest BCUT2D eigenvalue weighted by Crippen LogP contribution is -2.36. The van der Waals surface area contributed by atoms with Gasteiger partial charge >= 0.3 is 0 Å². The van der Waals surface area contributed by atoms with Crippen LogP contribution in [0.15, 0.2) is 0 Å². The molecule has 1 atom stereocenters. The van der Waals surface area contributed by atoms with Gasteiger partial charge in [0.2, 0.25) is 0 Å². The number of aliphatic hydroxyl groups is 1. The van der Waals surface area contributed by atoms with Crippen LogP contribution in [-0.4, -0.2) is 11.2 Å². The highest BCUT2D eigenvalue weighted by Crippen LogP contribution is 2.43. The van der Waals surface area contributed by atoms with Gasteiger partial charge in [-0.2, -0.15) is 0 Å². The molecule has 1 aliphatic carbocycles. The third-order valence-corrected chi connectivity index (χ3v) is 4.31. The minimum absolute atomic E-state index is 0.0874. The Morgan fingerprint density at radius 2 is 1.79 bits per heavy atom. The number of rotatable bonds is 3. The van der Waals surface area contributed by atoms with Crippen LogP contribution in [0.2, 0.25) is 0 Å². The van der Waals surface area contributed by atoms with Crippen molar-refractivity contribution < 1.29 is 5.11 Å². The van der Waals surface area contributed by atoms with E-state index in [4.69, 9.17) is 0 Å². The molecule has 1 rings (SSSR count). The molecule has 1 heteroatoms. The van der Waals surface area contributed by atoms with E-state index in [1.165, 1.54) is 25.7 Å². The second kappa shape index (κ2) is 4.65. The summed E-state index contributed by atoms with van der Waals surface area (Å²) in [6, 6.07) is 0. The minimum Gasteiger partial charge on any atom is -0.393 e. The van der Waals surface area contributed by atoms with E-state index >= 15 is 0 Å². The van der Waals surface area contributed by atoms with Crippen molar-refractivity contribution in [2.45, 2.75) is 65.9 Å². The Balaban J connectivity index is 2.48. The average molecular weight is 198 g/mol. The number of aliphatic hydroxyl groups excluding tert-OH is 1. The fraction of sp³-hybridized carbons (Fsp3) is 1.00. The smallest absolute Gasteiger partial charge is 0.0591 e. The molecule has 1 aliphatic rings. The second-order valence-electron chi connectivity index (χ2n) is 5.66. The van der Waals surface area contributed by atoms with Crippen molar-refractivity contribution in [1.82, 2.24) is 0 Å². The monoisotopic (exact) mass is 198 g/mol. The van der Waals surface area contributed by atoms with Crippen molar-refractivity contribution in [2.75, 3.05) is 0 Å². The maximum Gasteiger partial charge on any atom is 0.0591 e. The van der Waals surface area contributed by atoms with Gasteiger partial charge in [-0.05, 0) is 49.4 Å². The number of hydrogen-bond donors (Lipinski definition) is 1. The molecule has 1 fully saturated rings. The van der Waals surface area contributed by atoms with Crippen LogP contribution in [-0.2, 0) is 0 Å². The highest BCUT2D eigenvalue weighted by atomic mass is 16.3. The second-order valence-corrected chi connectivity index (χ2v) is 5.66. The summed E-state index contributed by atoms with van der Waals surface area (Å²) in [4.78, 5) is 0. The molecular weight excluding hydrogens is 172 g/mol. The molecule has 0 amide bonds. The molecule has 84 valence electrons. The quantitative estimate of drug-likeness (QED) is 0.734. The first-order chi connectivity index (χ1) is 6.49. The third kappa shape index (κ3) is 2.50. The molecule has 0 aliphatic heterocycles. The predicted molar refractivity (Wildman–Crippen MR) is 61.2 cm³/mol. The van der Waals surface area contributed by atoms with Gasteiger partial charge in [-0.3, -0.25) is 0 Å². The van der Waals surface area contributed by atoms with E-state index in [1.54, 1.807) is 0 Å². The average Bonchev–Trinajstić information content (AvgIpc) is 2.17. The Labute approximate surface area is 88.9 Å². The van der Waals surface area contributed by atoms with Crippen LogP contribution in [0.4, 0.5) is 0 Å². The zero-order chi connectivity index (χ0) is 10.8. The fourth-order valence-electron chi connectivity index (χ4n) is 2.79. The first kappa shape index (κ1) is 12.0. The van der Waals surface area contributed by atoms with E-state index in [0.717, 1.165) is 18.3 Å². The van der Waals surface area contributed by atoms with Crippen molar-refractivity contribution in [3.05, 3.63) is 0 Å². The highest BCUT2D eigenvalue weighted by Gasteiger charge is 2.36. The molecular formula is C13H26O. The van der Waals surface area contributed by atoms with Crippen LogP contribution in [0.1, 0.15) is 59.8 Å². The predicted octanol–water partition coefficient (Wildman–Crippen LogP) is 3.61. The summed E-state index contributed by atoms with van der Waals surface area (Å²) in [5.74, 6) is 1.71. The van der Waals surface area contributed by atoms with Crippen LogP contribution < -0.4 is 0 Å². The molecule has 1 unspecified atom stereocenters. The molecule has 0 heterocycles. The molecule has 0 bridgehead atoms. The van der Waals surface area contributed by atoms with Gasteiger partial charge in [-0.1, -0.05) is 27.7 Å². The summed E-state index contributed by atoms with van der Waals surface area (Å²) in [6.07, 6.45) is 5.87. The molecule has 0 aromatic rings. The van der Waals surface area contributed by atoms with Gasteiger partial charge in [0.05, 0.1) is 6.10 Å². The molecule has 1 N–H and O–H groups in total. The SMILES string of the molecule is CCC(O)C1(C)CCC(C(C)C)CC1. The maximum absolute atomic E-state index is 9.97. The van der Waals surface area contributed by atoms with Gasteiger partial charge in [0.1, 0.15) is 0 Å². The highest BCUT2D eigenvalue weighted by molar-refractivity contribution is 4.87. The van der Waals surface area contributed by atoms with Crippen LogP contribution in [0.25, 0.3) is 0 Å². The van der Waals surface area contributed by atoms with Crippen LogP contribution >= 0.6 is 0 Å². The molecule has 1 saturated carbocycles. The molecule has 0 aromatic heterocycles. The standard InChI is InChI=1S/C13H26O/c1-5-12(14)13(4)8-6-11(7-9-13)10(2)3/h10-12,14H,5-9H2,1-4H3. The lowest BCUT2D eigenvalue weighted by atomic mass is 9.66. The van der Waals surface area contributed by atoms with Crippen molar-refractivity contribution in [2.24, 2.45) is 17.3 Å². The van der Waals surface area contributed by atoms with Gasteiger partial charge in [0, 0.05) is 0 Å². The zero-order valence-corrected chi connectivity index (χ0v) is 10.2. The topological polar surface area (TPSA) is 20.2 Å². The van der Waals surface area contributed by atoms with Gasteiger partial charge in [-0.25, -0.2) is 0 Å². The first-order valence-corrected chi connectivity index (χ1v) is 6.17. The Kier molecular flexibility index (Phi) is 4.00. The Bertz CT molecular complexity index is 166. The van der Waals surface area contributed by atoms with E-state index in [-0.39, 0.29) is 11.5 Å². The van der Waals surface area contributed by atoms with Gasteiger partial charge in [-0.15, -0.1) is 0 Å². The van der Waals surface area contributed by atoms with Gasteiger partial charge in [0.15, 0.2) is 0 Å². The van der Waals surface area contributed by atoms with Crippen molar-refractivity contribution >= 4 is 0 Å². The lowest BCUT2D eigenvalue weighted by Gasteiger charge is -2.41. The molecule has 0 saturated heterocycles. The van der Waals surface area contributed by atoms with E-state index in [2.05, 4.69) is 27.7 Å². The summed E-state index contributed by atoms with van der Waals surface area (Å²) >= 11 is 0. The molecule has 0 radical (unpaired) electrons. The van der Waals surface area contributed by atoms with E-state index in [9.17, 15) is 5.11 Å². The van der Waals surface area contributed by atoms with Gasteiger partial charge in [0.25, 0.3) is 0 Å². The normalized spacial score (nSPS) is 36.0. The van der Waals surface area contributed by atoms with E-state index in [1.807, 2.05) is 0 Å². The summed E-state index contributed by atoms with van der Waals surface area (Å²) in [5, 5.41) is 9.97. The molecule has 0 aromatic carbocycles. The number of hydrogen-bond acceptors (Lipinski definition) is 1. The van der Waals surface area contributed by atoms with Crippen LogP contribution in [0, 0.1) is 17.3 Å². The largest absolute Gasteiger partial charge is 0.393 e. The summed E-state index contributed by atoms with van der Waals surface area (Å²) in [7, 11) is 0. The van der Waals surface area contributed by atoms with Crippen LogP contribution in [0.5, 0.6) is 0 Å².